The molecule has 1 unspecified atom stereocenters. The van der Waals surface area contributed by atoms with Crippen LogP contribution < -0.4 is 4.90 Å². The monoisotopic (exact) mass is 338 g/mol. The summed E-state index contributed by atoms with van der Waals surface area (Å²) in [7, 11) is 0. The average Bonchev–Trinajstić information content (AvgIpc) is 2.68. The highest BCUT2D eigenvalue weighted by Crippen LogP contribution is 2.36. The van der Waals surface area contributed by atoms with Gasteiger partial charge in [-0.15, -0.1) is 0 Å². The minimum atomic E-state index is -1.08. The highest BCUT2D eigenvalue weighted by molar-refractivity contribution is 5.98. The Bertz CT molecular complexity index is 686. The molecule has 132 valence electrons. The lowest BCUT2D eigenvalue weighted by molar-refractivity contribution is -0.911. The highest BCUT2D eigenvalue weighted by Gasteiger charge is 2.48. The van der Waals surface area contributed by atoms with E-state index >= 15 is 0 Å². The zero-order chi connectivity index (χ0) is 17.7. The van der Waals surface area contributed by atoms with E-state index in [1.165, 1.54) is 4.90 Å². The number of rotatable bonds is 6. The first-order valence-corrected chi connectivity index (χ1v) is 9.36. The van der Waals surface area contributed by atoms with Crippen molar-refractivity contribution < 1.29 is 14.8 Å². The van der Waals surface area contributed by atoms with Gasteiger partial charge in [0.05, 0.1) is 19.6 Å². The van der Waals surface area contributed by atoms with Crippen LogP contribution in [0.2, 0.25) is 0 Å². The van der Waals surface area contributed by atoms with Gasteiger partial charge in [-0.25, -0.2) is 0 Å². The van der Waals surface area contributed by atoms with Gasteiger partial charge >= 0.3 is 0 Å². The Kier molecular flexibility index (Phi) is 5.67. The number of nitrogens with one attached hydrogen (secondary N) is 1. The Hall–Kier alpha value is -1.97. The maximum absolute atomic E-state index is 13.2. The second kappa shape index (κ2) is 7.94. The highest BCUT2D eigenvalue weighted by atomic mass is 16.3. The van der Waals surface area contributed by atoms with Crippen molar-refractivity contribution in [2.75, 3.05) is 19.6 Å². The maximum atomic E-state index is 13.2. The van der Waals surface area contributed by atoms with Gasteiger partial charge in [0.1, 0.15) is 11.5 Å². The van der Waals surface area contributed by atoms with Crippen molar-refractivity contribution in [3.63, 3.8) is 0 Å². The third kappa shape index (κ3) is 3.83. The Labute approximate surface area is 150 Å². The summed E-state index contributed by atoms with van der Waals surface area (Å²) in [6, 6.07) is 19.1. The molecule has 3 heteroatoms. The Morgan fingerprint density at radius 3 is 2.40 bits per heavy atom. The minimum Gasteiger partial charge on any atom is -0.384 e. The van der Waals surface area contributed by atoms with Crippen molar-refractivity contribution in [1.29, 1.82) is 0 Å². The van der Waals surface area contributed by atoms with Crippen LogP contribution in [0.4, 0.5) is 0 Å². The van der Waals surface area contributed by atoms with Crippen LogP contribution in [0.1, 0.15) is 42.1 Å². The summed E-state index contributed by atoms with van der Waals surface area (Å²) in [5.41, 5.74) is 0.474. The van der Waals surface area contributed by atoms with Gasteiger partial charge in [0, 0.05) is 12.0 Å². The summed E-state index contributed by atoms with van der Waals surface area (Å²) < 4.78 is 0. The van der Waals surface area contributed by atoms with Crippen molar-refractivity contribution in [1.82, 2.24) is 0 Å². The topological polar surface area (TPSA) is 41.7 Å². The number of unbranched alkanes of at least 4 members (excludes halogenated alkanes) is 1. The van der Waals surface area contributed by atoms with Crippen molar-refractivity contribution >= 4 is 5.78 Å². The van der Waals surface area contributed by atoms with E-state index in [1.54, 1.807) is 0 Å². The smallest absolute Gasteiger partial charge is 0.174 e. The second-order valence-electron chi connectivity index (χ2n) is 7.13. The molecule has 0 aliphatic carbocycles. The fraction of sp³-hybridized carbons (Fsp3) is 0.409. The van der Waals surface area contributed by atoms with Gasteiger partial charge in [0.25, 0.3) is 0 Å². The van der Waals surface area contributed by atoms with Crippen molar-refractivity contribution in [3.05, 3.63) is 71.8 Å². The predicted molar refractivity (Wildman–Crippen MR) is 99.7 cm³/mol. The maximum Gasteiger partial charge on any atom is 0.174 e. The third-order valence-corrected chi connectivity index (χ3v) is 5.46. The number of aliphatic hydroxyl groups is 1. The predicted octanol–water partition coefficient (Wildman–Crippen LogP) is 2.46. The van der Waals surface area contributed by atoms with E-state index in [-0.39, 0.29) is 5.78 Å². The van der Waals surface area contributed by atoms with Crippen LogP contribution in [-0.2, 0) is 5.60 Å². The molecule has 1 aliphatic heterocycles. The summed E-state index contributed by atoms with van der Waals surface area (Å²) in [6.45, 7) is 4.86. The fourth-order valence-electron chi connectivity index (χ4n) is 3.94. The SMILES string of the molecule is CCCC[NH+]1CC[C@](O)(c2ccccc2)[C@H](C(=O)c2ccccc2)C1. The first kappa shape index (κ1) is 17.8. The number of benzene rings is 2. The standard InChI is InChI=1S/C22H27NO2/c1-2-3-15-23-16-14-22(25,19-12-8-5-9-13-19)20(17-23)21(24)18-10-6-4-7-11-18/h4-13,20,25H,2-3,14-17H2,1H3/p+1/t20-,22-/m0/s1. The number of likely N-dealkylation sites (tertiary alicyclic amines) is 1. The van der Waals surface area contributed by atoms with Gasteiger partial charge in [-0.05, 0) is 12.0 Å². The summed E-state index contributed by atoms with van der Waals surface area (Å²) in [4.78, 5) is 14.7. The van der Waals surface area contributed by atoms with Gasteiger partial charge < -0.3 is 10.0 Å². The molecule has 2 aromatic rings. The molecule has 0 spiro atoms. The zero-order valence-corrected chi connectivity index (χ0v) is 14.9. The average molecular weight is 338 g/mol. The molecule has 0 radical (unpaired) electrons. The molecule has 0 bridgehead atoms. The van der Waals surface area contributed by atoms with E-state index < -0.39 is 11.5 Å². The number of piperidine rings is 1. The molecule has 2 aromatic carbocycles. The second-order valence-corrected chi connectivity index (χ2v) is 7.13. The fourth-order valence-corrected chi connectivity index (χ4v) is 3.94. The van der Waals surface area contributed by atoms with Crippen molar-refractivity contribution in [2.24, 2.45) is 5.92 Å². The van der Waals surface area contributed by atoms with E-state index in [9.17, 15) is 9.90 Å². The number of quaternary nitrogens is 1. The molecule has 1 saturated heterocycles. The number of carbonyl (C=O) groups excluding carboxylic acids is 1. The molecule has 1 heterocycles. The molecule has 0 saturated carbocycles. The molecule has 0 amide bonds. The Balaban J connectivity index is 1.92. The van der Waals surface area contributed by atoms with Crippen LogP contribution in [0.25, 0.3) is 0 Å². The summed E-state index contributed by atoms with van der Waals surface area (Å²) in [5, 5.41) is 11.5. The van der Waals surface area contributed by atoms with E-state index in [0.29, 0.717) is 18.5 Å². The van der Waals surface area contributed by atoms with E-state index in [4.69, 9.17) is 0 Å². The Morgan fingerprint density at radius 1 is 1.12 bits per heavy atom. The van der Waals surface area contributed by atoms with Gasteiger partial charge in [-0.3, -0.25) is 4.79 Å². The van der Waals surface area contributed by atoms with Crippen molar-refractivity contribution in [3.8, 4) is 0 Å². The molecule has 0 aromatic heterocycles. The lowest BCUT2D eigenvalue weighted by Gasteiger charge is -2.42. The first-order chi connectivity index (χ1) is 12.1. The number of hydrogen-bond donors (Lipinski definition) is 2. The molecule has 3 atom stereocenters. The number of ketones is 1. The van der Waals surface area contributed by atoms with Gasteiger partial charge in [0.15, 0.2) is 5.78 Å². The van der Waals surface area contributed by atoms with E-state index in [0.717, 1.165) is 31.5 Å². The normalized spacial score (nSPS) is 26.3. The zero-order valence-electron chi connectivity index (χ0n) is 14.9. The lowest BCUT2D eigenvalue weighted by Crippen LogP contribution is -3.14. The van der Waals surface area contributed by atoms with Gasteiger partial charge in [-0.1, -0.05) is 74.0 Å². The molecular formula is C22H28NO2+. The van der Waals surface area contributed by atoms with Crippen LogP contribution >= 0.6 is 0 Å². The quantitative estimate of drug-likeness (QED) is 0.795. The van der Waals surface area contributed by atoms with Crippen LogP contribution in [-0.4, -0.2) is 30.5 Å². The Morgan fingerprint density at radius 2 is 1.76 bits per heavy atom. The number of carbonyl (C=O) groups is 1. The van der Waals surface area contributed by atoms with E-state index in [1.807, 2.05) is 60.7 Å². The summed E-state index contributed by atoms with van der Waals surface area (Å²) in [5.74, 6) is -0.349. The summed E-state index contributed by atoms with van der Waals surface area (Å²) >= 11 is 0. The van der Waals surface area contributed by atoms with Crippen molar-refractivity contribution in [2.45, 2.75) is 31.8 Å². The molecule has 3 nitrogen and oxygen atoms in total. The molecule has 1 fully saturated rings. The number of hydrogen-bond acceptors (Lipinski definition) is 2. The lowest BCUT2D eigenvalue weighted by atomic mass is 9.72. The van der Waals surface area contributed by atoms with Crippen LogP contribution in [0.3, 0.4) is 0 Å². The molecule has 3 rings (SSSR count). The molecule has 1 aliphatic rings. The first-order valence-electron chi connectivity index (χ1n) is 9.36. The van der Waals surface area contributed by atoms with Crippen LogP contribution in [0, 0.1) is 5.92 Å². The molecular weight excluding hydrogens is 310 g/mol. The molecule has 2 N–H and O–H groups in total. The number of Topliss-reactive ketones (excluding diaryl/α,β-unsaturated/α-hetero) is 1. The van der Waals surface area contributed by atoms with Gasteiger partial charge in [-0.2, -0.15) is 0 Å². The third-order valence-electron chi connectivity index (χ3n) is 5.46. The van der Waals surface area contributed by atoms with E-state index in [2.05, 4.69) is 6.92 Å². The van der Waals surface area contributed by atoms with Crippen LogP contribution in [0.5, 0.6) is 0 Å². The summed E-state index contributed by atoms with van der Waals surface area (Å²) in [6.07, 6.45) is 2.94. The van der Waals surface area contributed by atoms with Crippen LogP contribution in [0.15, 0.2) is 60.7 Å². The largest absolute Gasteiger partial charge is 0.384 e. The molecule has 25 heavy (non-hydrogen) atoms. The van der Waals surface area contributed by atoms with Gasteiger partial charge in [0.2, 0.25) is 0 Å². The minimum absolute atomic E-state index is 0.0562.